The maximum atomic E-state index is 5.80. The average Bonchev–Trinajstić information content (AvgIpc) is 3.22. The van der Waals surface area contributed by atoms with E-state index in [-0.39, 0.29) is 5.92 Å². The van der Waals surface area contributed by atoms with Crippen LogP contribution in [-0.4, -0.2) is 55.4 Å². The van der Waals surface area contributed by atoms with E-state index in [1.54, 1.807) is 21.3 Å². The van der Waals surface area contributed by atoms with Crippen molar-refractivity contribution in [1.29, 1.82) is 0 Å². The lowest BCUT2D eigenvalue weighted by Crippen LogP contribution is -2.55. The molecule has 0 N–H and O–H groups in total. The standard InChI is InChI=1S/C13H24O5Si/c1-5-19-18-12(14-2)13(15-3,16-4)9-6-7-10-11(8-9)17-10/h9-12H,5-8H2,1-4H3. The predicted octanol–water partition coefficient (Wildman–Crippen LogP) is 1.59. The molecule has 4 unspecified atom stereocenters. The summed E-state index contributed by atoms with van der Waals surface area (Å²) >= 11 is 0. The molecule has 2 aliphatic rings. The monoisotopic (exact) mass is 288 g/mol. The lowest BCUT2D eigenvalue weighted by molar-refractivity contribution is -0.337. The number of ether oxygens (including phenoxy) is 4. The molecule has 1 aliphatic carbocycles. The number of rotatable bonds is 8. The van der Waals surface area contributed by atoms with Crippen LogP contribution in [0.5, 0.6) is 0 Å². The maximum Gasteiger partial charge on any atom is 0.233 e. The lowest BCUT2D eigenvalue weighted by atomic mass is 9.82. The van der Waals surface area contributed by atoms with Gasteiger partial charge >= 0.3 is 0 Å². The first kappa shape index (κ1) is 15.4. The summed E-state index contributed by atoms with van der Waals surface area (Å²) in [5.41, 5.74) is 0. The van der Waals surface area contributed by atoms with Crippen molar-refractivity contribution in [3.8, 4) is 0 Å². The molecular weight excluding hydrogens is 264 g/mol. The third kappa shape index (κ3) is 3.04. The Hall–Kier alpha value is 0.0169. The molecule has 0 bridgehead atoms. The summed E-state index contributed by atoms with van der Waals surface area (Å²) in [6.07, 6.45) is 3.36. The second kappa shape index (κ2) is 6.65. The maximum absolute atomic E-state index is 5.80. The van der Waals surface area contributed by atoms with E-state index in [4.69, 9.17) is 23.4 Å². The normalized spacial score (nSPS) is 31.9. The van der Waals surface area contributed by atoms with Crippen LogP contribution in [0.1, 0.15) is 26.2 Å². The minimum absolute atomic E-state index is 0.234. The molecule has 0 aromatic carbocycles. The Morgan fingerprint density at radius 2 is 1.95 bits per heavy atom. The highest BCUT2D eigenvalue weighted by Crippen LogP contribution is 2.46. The fourth-order valence-electron chi connectivity index (χ4n) is 3.02. The molecule has 6 heteroatoms. The highest BCUT2D eigenvalue weighted by Gasteiger charge is 2.55. The van der Waals surface area contributed by atoms with Crippen molar-refractivity contribution in [2.75, 3.05) is 21.3 Å². The summed E-state index contributed by atoms with van der Waals surface area (Å²) in [7, 11) is 5.34. The van der Waals surface area contributed by atoms with Gasteiger partial charge < -0.3 is 23.4 Å². The van der Waals surface area contributed by atoms with Gasteiger partial charge in [0.25, 0.3) is 0 Å². The van der Waals surface area contributed by atoms with Gasteiger partial charge in [-0.3, -0.25) is 0 Å². The van der Waals surface area contributed by atoms with Crippen LogP contribution < -0.4 is 0 Å². The molecule has 2 rings (SSSR count). The summed E-state index contributed by atoms with van der Waals surface area (Å²) in [6.45, 7) is 2.08. The van der Waals surface area contributed by atoms with Gasteiger partial charge in [-0.25, -0.2) is 0 Å². The first-order valence-electron chi connectivity index (χ1n) is 6.88. The largest absolute Gasteiger partial charge is 0.389 e. The van der Waals surface area contributed by atoms with Crippen molar-refractivity contribution in [2.45, 2.75) is 56.5 Å². The third-order valence-electron chi connectivity index (χ3n) is 4.09. The van der Waals surface area contributed by atoms with Gasteiger partial charge in [0, 0.05) is 27.2 Å². The van der Waals surface area contributed by atoms with E-state index in [2.05, 4.69) is 6.92 Å². The first-order chi connectivity index (χ1) is 9.21. The Bertz CT molecular complexity index is 284. The van der Waals surface area contributed by atoms with E-state index in [1.807, 2.05) is 0 Å². The topological polar surface area (TPSA) is 49.5 Å². The van der Waals surface area contributed by atoms with Crippen LogP contribution in [-0.2, 0) is 23.4 Å². The molecule has 1 heterocycles. The predicted molar refractivity (Wildman–Crippen MR) is 70.9 cm³/mol. The van der Waals surface area contributed by atoms with Crippen molar-refractivity contribution in [3.05, 3.63) is 0 Å². The summed E-state index contributed by atoms with van der Waals surface area (Å²) in [5.74, 6) is -0.605. The van der Waals surface area contributed by atoms with E-state index in [0.29, 0.717) is 22.0 Å². The SMILES string of the molecule is CC[Si]OC(OC)C(OC)(OC)C1CCC2OC2C1. The number of methoxy groups -OCH3 is 3. The van der Waals surface area contributed by atoms with Gasteiger partial charge in [-0.2, -0.15) is 0 Å². The number of fused-ring (bicyclic) bond motifs is 1. The molecule has 5 nitrogen and oxygen atoms in total. The fourth-order valence-corrected chi connectivity index (χ4v) is 3.60. The van der Waals surface area contributed by atoms with E-state index in [9.17, 15) is 0 Å². The van der Waals surface area contributed by atoms with Crippen LogP contribution in [0.3, 0.4) is 0 Å². The van der Waals surface area contributed by atoms with Crippen LogP contribution in [0, 0.1) is 5.92 Å². The summed E-state index contributed by atoms with van der Waals surface area (Å²) in [6, 6.07) is 0.960. The van der Waals surface area contributed by atoms with Crippen molar-refractivity contribution < 1.29 is 23.4 Å². The second-order valence-corrected chi connectivity index (χ2v) is 6.27. The van der Waals surface area contributed by atoms with Crippen LogP contribution in [0.4, 0.5) is 0 Å². The molecule has 1 aliphatic heterocycles. The van der Waals surface area contributed by atoms with Gasteiger partial charge in [-0.05, 0) is 25.3 Å². The van der Waals surface area contributed by atoms with Crippen LogP contribution in [0.15, 0.2) is 0 Å². The minimum atomic E-state index is -0.839. The van der Waals surface area contributed by atoms with Crippen LogP contribution in [0.25, 0.3) is 0 Å². The van der Waals surface area contributed by atoms with Gasteiger partial charge in [0.1, 0.15) is 0 Å². The first-order valence-corrected chi connectivity index (χ1v) is 8.00. The quantitative estimate of drug-likeness (QED) is 0.386. The van der Waals surface area contributed by atoms with Crippen LogP contribution >= 0.6 is 0 Å². The molecule has 2 radical (unpaired) electrons. The van der Waals surface area contributed by atoms with Crippen molar-refractivity contribution in [1.82, 2.24) is 0 Å². The van der Waals surface area contributed by atoms with Gasteiger partial charge in [0.2, 0.25) is 21.8 Å². The minimum Gasteiger partial charge on any atom is -0.389 e. The summed E-state index contributed by atoms with van der Waals surface area (Å²) in [5, 5.41) is 0. The Morgan fingerprint density at radius 3 is 2.47 bits per heavy atom. The second-order valence-electron chi connectivity index (χ2n) is 5.04. The zero-order chi connectivity index (χ0) is 13.9. The Kier molecular flexibility index (Phi) is 5.39. The van der Waals surface area contributed by atoms with E-state index in [0.717, 1.165) is 25.3 Å². The molecule has 1 saturated heterocycles. The molecule has 110 valence electrons. The summed E-state index contributed by atoms with van der Waals surface area (Å²) in [4.78, 5) is 0. The van der Waals surface area contributed by atoms with Gasteiger partial charge in [-0.1, -0.05) is 6.92 Å². The molecule has 2 fully saturated rings. The molecule has 0 aromatic heterocycles. The molecule has 0 amide bonds. The number of hydrogen-bond acceptors (Lipinski definition) is 5. The van der Waals surface area contributed by atoms with E-state index in [1.165, 1.54) is 0 Å². The molecule has 0 aromatic rings. The highest BCUT2D eigenvalue weighted by atomic mass is 28.2. The van der Waals surface area contributed by atoms with Crippen LogP contribution in [0.2, 0.25) is 6.04 Å². The number of hydrogen-bond donors (Lipinski definition) is 0. The molecule has 4 atom stereocenters. The van der Waals surface area contributed by atoms with Gasteiger partial charge in [0.15, 0.2) is 0 Å². The zero-order valence-electron chi connectivity index (χ0n) is 12.2. The average molecular weight is 288 g/mol. The van der Waals surface area contributed by atoms with Crippen molar-refractivity contribution >= 4 is 9.76 Å². The Balaban J connectivity index is 2.09. The lowest BCUT2D eigenvalue weighted by Gasteiger charge is -2.43. The Morgan fingerprint density at radius 1 is 1.21 bits per heavy atom. The molecule has 1 saturated carbocycles. The Labute approximate surface area is 117 Å². The number of epoxide rings is 1. The molecule has 0 spiro atoms. The van der Waals surface area contributed by atoms with Gasteiger partial charge in [-0.15, -0.1) is 0 Å². The molecular formula is C13H24O5Si. The zero-order valence-corrected chi connectivity index (χ0v) is 13.2. The summed E-state index contributed by atoms with van der Waals surface area (Å²) < 4.78 is 28.3. The molecule has 19 heavy (non-hydrogen) atoms. The van der Waals surface area contributed by atoms with Crippen molar-refractivity contribution in [2.24, 2.45) is 5.92 Å². The fraction of sp³-hybridized carbons (Fsp3) is 1.00. The third-order valence-corrected chi connectivity index (χ3v) is 4.76. The van der Waals surface area contributed by atoms with E-state index < -0.39 is 12.1 Å². The van der Waals surface area contributed by atoms with Crippen molar-refractivity contribution in [3.63, 3.8) is 0 Å². The van der Waals surface area contributed by atoms with Gasteiger partial charge in [0.05, 0.1) is 12.2 Å². The van der Waals surface area contributed by atoms with E-state index >= 15 is 0 Å². The smallest absolute Gasteiger partial charge is 0.233 e. The highest BCUT2D eigenvalue weighted by molar-refractivity contribution is 6.26.